The van der Waals surface area contributed by atoms with E-state index in [2.05, 4.69) is 5.32 Å². The van der Waals surface area contributed by atoms with Crippen molar-refractivity contribution in [1.82, 2.24) is 5.32 Å². The van der Waals surface area contributed by atoms with Crippen LogP contribution in [-0.4, -0.2) is 42.5 Å². The van der Waals surface area contributed by atoms with Gasteiger partial charge < -0.3 is 15.3 Å². The molecule has 108 valence electrons. The van der Waals surface area contributed by atoms with Gasteiger partial charge in [0, 0.05) is 11.6 Å². The number of hydrogen-bond acceptors (Lipinski definition) is 4. The van der Waals surface area contributed by atoms with E-state index in [1.165, 1.54) is 11.0 Å². The number of ketones is 1. The van der Waals surface area contributed by atoms with E-state index in [1.807, 2.05) is 6.92 Å². The van der Waals surface area contributed by atoms with Crippen LogP contribution in [0.2, 0.25) is 5.02 Å². The number of nitrogens with zero attached hydrogens (tertiary/aromatic N) is 1. The molecule has 0 radical (unpaired) electrons. The number of benzene rings is 1. The summed E-state index contributed by atoms with van der Waals surface area (Å²) in [5.41, 5.74) is 0.815. The number of aliphatic hydroxyl groups excluding tert-OH is 1. The molecule has 1 unspecified atom stereocenters. The van der Waals surface area contributed by atoms with Crippen molar-refractivity contribution in [1.29, 1.82) is 0 Å². The summed E-state index contributed by atoms with van der Waals surface area (Å²) in [6.45, 7) is 3.31. The molecule has 1 aliphatic rings. The number of β-amino-alcohol motifs (C(OH)–C–C–N with tert-alkyl or cyclic N) is 1. The minimum atomic E-state index is -0.722. The molecule has 20 heavy (non-hydrogen) atoms. The minimum absolute atomic E-state index is 0.0932. The molecule has 2 rings (SSSR count). The fourth-order valence-electron chi connectivity index (χ4n) is 2.17. The first-order valence-corrected chi connectivity index (χ1v) is 6.97. The normalized spacial score (nSPS) is 15.7. The summed E-state index contributed by atoms with van der Waals surface area (Å²) in [6, 6.07) is 4.74. The topological polar surface area (TPSA) is 69.6 Å². The monoisotopic (exact) mass is 296 g/mol. The van der Waals surface area contributed by atoms with Crippen LogP contribution in [0.5, 0.6) is 0 Å². The van der Waals surface area contributed by atoms with E-state index in [-0.39, 0.29) is 6.54 Å². The fraction of sp³-hybridized carbons (Fsp3) is 0.429. The Hall–Kier alpha value is -1.43. The summed E-state index contributed by atoms with van der Waals surface area (Å²) in [5.74, 6) is -1.19. The quantitative estimate of drug-likeness (QED) is 0.612. The largest absolute Gasteiger partial charge is 0.390 e. The van der Waals surface area contributed by atoms with Crippen LogP contribution in [-0.2, 0) is 4.79 Å². The predicted octanol–water partition coefficient (Wildman–Crippen LogP) is 1.23. The summed E-state index contributed by atoms with van der Waals surface area (Å²) in [4.78, 5) is 25.1. The smallest absolute Gasteiger partial charge is 0.299 e. The molecule has 5 nitrogen and oxygen atoms in total. The Labute approximate surface area is 122 Å². The average molecular weight is 297 g/mol. The molecule has 1 aliphatic heterocycles. The number of rotatable bonds is 6. The maximum atomic E-state index is 11.9. The number of carbonyl (C=O) groups excluding carboxylic acids is 2. The van der Waals surface area contributed by atoms with E-state index < -0.39 is 17.8 Å². The number of fused-ring (bicyclic) bond motifs is 1. The maximum Gasteiger partial charge on any atom is 0.299 e. The molecule has 0 saturated carbocycles. The minimum Gasteiger partial charge on any atom is -0.390 e. The van der Waals surface area contributed by atoms with Gasteiger partial charge in [0.05, 0.1) is 23.9 Å². The van der Waals surface area contributed by atoms with Gasteiger partial charge in [0.1, 0.15) is 0 Å². The fourth-order valence-corrected chi connectivity index (χ4v) is 2.35. The van der Waals surface area contributed by atoms with Crippen molar-refractivity contribution < 1.29 is 14.7 Å². The molecule has 1 aromatic carbocycles. The van der Waals surface area contributed by atoms with E-state index in [9.17, 15) is 14.7 Å². The predicted molar refractivity (Wildman–Crippen MR) is 77.3 cm³/mol. The zero-order valence-electron chi connectivity index (χ0n) is 11.2. The molecule has 0 aliphatic carbocycles. The lowest BCUT2D eigenvalue weighted by atomic mass is 10.1. The molecular weight excluding hydrogens is 280 g/mol. The van der Waals surface area contributed by atoms with E-state index in [0.717, 1.165) is 13.0 Å². The second kappa shape index (κ2) is 6.35. The molecular formula is C14H17ClN2O3. The summed E-state index contributed by atoms with van der Waals surface area (Å²) >= 11 is 5.83. The van der Waals surface area contributed by atoms with E-state index in [1.54, 1.807) is 12.1 Å². The molecule has 1 aromatic rings. The molecule has 6 heteroatoms. The second-order valence-electron chi connectivity index (χ2n) is 4.76. The average Bonchev–Trinajstić information content (AvgIpc) is 2.64. The molecule has 1 amide bonds. The van der Waals surface area contributed by atoms with Crippen LogP contribution in [0, 0.1) is 0 Å². The third-order valence-corrected chi connectivity index (χ3v) is 3.37. The molecule has 0 saturated heterocycles. The summed E-state index contributed by atoms with van der Waals surface area (Å²) in [7, 11) is 0. The van der Waals surface area contributed by atoms with Gasteiger partial charge in [0.15, 0.2) is 0 Å². The summed E-state index contributed by atoms with van der Waals surface area (Å²) in [6.07, 6.45) is 0.245. The van der Waals surface area contributed by atoms with Crippen molar-refractivity contribution in [2.75, 3.05) is 24.5 Å². The Morgan fingerprint density at radius 2 is 2.15 bits per heavy atom. The van der Waals surface area contributed by atoms with Crippen LogP contribution in [0.4, 0.5) is 5.69 Å². The van der Waals surface area contributed by atoms with Gasteiger partial charge in [-0.1, -0.05) is 18.5 Å². The van der Waals surface area contributed by atoms with Crippen molar-refractivity contribution >= 4 is 29.0 Å². The van der Waals surface area contributed by atoms with Crippen molar-refractivity contribution in [2.24, 2.45) is 0 Å². The van der Waals surface area contributed by atoms with Crippen LogP contribution in [0.1, 0.15) is 23.7 Å². The van der Waals surface area contributed by atoms with Crippen LogP contribution >= 0.6 is 11.6 Å². The molecule has 1 atom stereocenters. The molecule has 0 fully saturated rings. The lowest BCUT2D eigenvalue weighted by molar-refractivity contribution is -0.114. The van der Waals surface area contributed by atoms with Gasteiger partial charge in [-0.15, -0.1) is 0 Å². The van der Waals surface area contributed by atoms with Gasteiger partial charge in [-0.25, -0.2) is 0 Å². The van der Waals surface area contributed by atoms with Gasteiger partial charge >= 0.3 is 0 Å². The Morgan fingerprint density at radius 1 is 1.40 bits per heavy atom. The van der Waals surface area contributed by atoms with Crippen molar-refractivity contribution in [3.63, 3.8) is 0 Å². The lowest BCUT2D eigenvalue weighted by Crippen LogP contribution is -2.41. The van der Waals surface area contributed by atoms with Crippen LogP contribution in [0.25, 0.3) is 0 Å². The molecule has 1 heterocycles. The summed E-state index contributed by atoms with van der Waals surface area (Å²) < 4.78 is 0. The first-order chi connectivity index (χ1) is 9.54. The molecule has 2 N–H and O–H groups in total. The molecule has 0 spiro atoms. The molecule has 0 aromatic heterocycles. The third kappa shape index (κ3) is 3.00. The van der Waals surface area contributed by atoms with Gasteiger partial charge in [-0.3, -0.25) is 9.59 Å². The number of hydrogen-bond donors (Lipinski definition) is 2. The van der Waals surface area contributed by atoms with Crippen LogP contribution in [0.3, 0.4) is 0 Å². The van der Waals surface area contributed by atoms with Gasteiger partial charge in [0.25, 0.3) is 11.7 Å². The first-order valence-electron chi connectivity index (χ1n) is 6.59. The van der Waals surface area contributed by atoms with Gasteiger partial charge in [-0.05, 0) is 31.2 Å². The Bertz CT molecular complexity index is 533. The Kier molecular flexibility index (Phi) is 4.75. The van der Waals surface area contributed by atoms with Crippen molar-refractivity contribution in [2.45, 2.75) is 19.4 Å². The van der Waals surface area contributed by atoms with Crippen LogP contribution in [0.15, 0.2) is 18.2 Å². The highest BCUT2D eigenvalue weighted by Crippen LogP contribution is 2.31. The third-order valence-electron chi connectivity index (χ3n) is 3.13. The van der Waals surface area contributed by atoms with Gasteiger partial charge in [0.2, 0.25) is 0 Å². The number of carbonyl (C=O) groups is 2. The zero-order valence-corrected chi connectivity index (χ0v) is 12.0. The van der Waals surface area contributed by atoms with Crippen molar-refractivity contribution in [3.05, 3.63) is 28.8 Å². The van der Waals surface area contributed by atoms with Crippen LogP contribution < -0.4 is 10.2 Å². The van der Waals surface area contributed by atoms with E-state index >= 15 is 0 Å². The maximum absolute atomic E-state index is 11.9. The molecule has 0 bridgehead atoms. The van der Waals surface area contributed by atoms with E-state index in [4.69, 9.17) is 11.6 Å². The van der Waals surface area contributed by atoms with Crippen molar-refractivity contribution in [3.8, 4) is 0 Å². The highest BCUT2D eigenvalue weighted by molar-refractivity contribution is 6.52. The lowest BCUT2D eigenvalue weighted by Gasteiger charge is -2.20. The Balaban J connectivity index is 2.10. The van der Waals surface area contributed by atoms with E-state index in [0.29, 0.717) is 22.8 Å². The number of halogens is 1. The highest BCUT2D eigenvalue weighted by atomic mass is 35.5. The first kappa shape index (κ1) is 15.0. The summed E-state index contributed by atoms with van der Waals surface area (Å²) in [5, 5.41) is 13.4. The SMILES string of the molecule is CCCNCC(O)CN1C(=O)C(=O)c2cc(Cl)ccc21. The Morgan fingerprint density at radius 3 is 2.85 bits per heavy atom. The standard InChI is InChI=1S/C14H17ClN2O3/c1-2-5-16-7-10(18)8-17-12-4-3-9(15)6-11(12)13(19)14(17)20/h3-4,6,10,16,18H,2,5,7-8H2,1H3. The second-order valence-corrected chi connectivity index (χ2v) is 5.20. The number of amides is 1. The number of aliphatic hydroxyl groups is 1. The highest BCUT2D eigenvalue weighted by Gasteiger charge is 2.36. The van der Waals surface area contributed by atoms with Gasteiger partial charge in [-0.2, -0.15) is 0 Å². The number of nitrogens with one attached hydrogen (secondary N) is 1. The number of Topliss-reactive ketones (excluding diaryl/α,β-unsaturated/α-hetero) is 1. The zero-order chi connectivity index (χ0) is 14.7. The number of anilines is 1.